The smallest absolute Gasteiger partial charge is 0.455 e. The number of hydrogen-bond donors (Lipinski definition) is 2. The predicted octanol–water partition coefficient (Wildman–Crippen LogP) is 4.35. The van der Waals surface area contributed by atoms with Gasteiger partial charge in [-0.05, 0) is 68.5 Å². The highest BCUT2D eigenvalue weighted by Gasteiger charge is 2.58. The van der Waals surface area contributed by atoms with E-state index in [1.807, 2.05) is 25.1 Å². The predicted molar refractivity (Wildman–Crippen MR) is 141 cm³/mol. The van der Waals surface area contributed by atoms with Gasteiger partial charge >= 0.3 is 7.12 Å². The molecule has 198 valence electrons. The molecule has 1 aromatic rings. The molecule has 2 heterocycles. The number of para-hydroxylation sites is 1. The van der Waals surface area contributed by atoms with Gasteiger partial charge < -0.3 is 19.5 Å². The van der Waals surface area contributed by atoms with Gasteiger partial charge in [0.15, 0.2) is 0 Å². The van der Waals surface area contributed by atoms with Crippen molar-refractivity contribution < 1.29 is 29.1 Å². The Bertz CT molecular complexity index is 1090. The van der Waals surface area contributed by atoms with Crippen molar-refractivity contribution in [3.05, 3.63) is 46.5 Å². The third-order valence-corrected chi connectivity index (χ3v) is 8.74. The van der Waals surface area contributed by atoms with Gasteiger partial charge in [-0.2, -0.15) is 0 Å². The summed E-state index contributed by atoms with van der Waals surface area (Å²) in [5, 5.41) is 20.8. The fourth-order valence-corrected chi connectivity index (χ4v) is 7.10. The van der Waals surface area contributed by atoms with Crippen LogP contribution in [0.5, 0.6) is 5.75 Å². The van der Waals surface area contributed by atoms with Gasteiger partial charge in [-0.15, -0.1) is 0 Å². The first kappa shape index (κ1) is 26.2. The van der Waals surface area contributed by atoms with Gasteiger partial charge in [0, 0.05) is 18.7 Å². The van der Waals surface area contributed by atoms with Crippen molar-refractivity contribution in [3.63, 3.8) is 0 Å². The van der Waals surface area contributed by atoms with Crippen LogP contribution < -0.4 is 0 Å². The van der Waals surface area contributed by atoms with E-state index in [2.05, 4.69) is 0 Å². The Labute approximate surface area is 219 Å². The number of hydrogen-bond acceptors (Lipinski definition) is 6. The van der Waals surface area contributed by atoms with Gasteiger partial charge in [0.25, 0.3) is 0 Å². The van der Waals surface area contributed by atoms with Crippen LogP contribution >= 0.6 is 0 Å². The number of phenols is 1. The monoisotopic (exact) mass is 507 g/mol. The Hall–Kier alpha value is -2.42. The molecule has 2 amide bonds. The number of aromatic hydroxyl groups is 1. The van der Waals surface area contributed by atoms with E-state index in [4.69, 9.17) is 9.39 Å². The number of ether oxygens (including phenoxy) is 1. The van der Waals surface area contributed by atoms with E-state index in [1.54, 1.807) is 24.1 Å². The molecular weight excluding hydrogens is 469 g/mol. The first-order valence-corrected chi connectivity index (χ1v) is 13.8. The Morgan fingerprint density at radius 2 is 1.92 bits per heavy atom. The topological polar surface area (TPSA) is 96.3 Å². The van der Waals surface area contributed by atoms with E-state index in [0.29, 0.717) is 32.2 Å². The van der Waals surface area contributed by atoms with E-state index in [-0.39, 0.29) is 41.5 Å². The number of rotatable bonds is 7. The molecule has 2 aliphatic heterocycles. The highest BCUT2D eigenvalue weighted by atomic mass is 16.5. The third kappa shape index (κ3) is 5.16. The normalized spacial score (nSPS) is 29.1. The molecule has 4 aliphatic rings. The largest absolute Gasteiger partial charge is 0.507 e. The summed E-state index contributed by atoms with van der Waals surface area (Å²) in [6.07, 6.45) is 8.86. The van der Waals surface area contributed by atoms with Gasteiger partial charge in [0.05, 0.1) is 24.5 Å². The van der Waals surface area contributed by atoms with Crippen molar-refractivity contribution in [1.82, 2.24) is 4.90 Å². The minimum absolute atomic E-state index is 0.0106. The number of carbonyl (C=O) groups excluding carboxylic acids is 2. The molecule has 0 aromatic heterocycles. The van der Waals surface area contributed by atoms with Crippen molar-refractivity contribution in [2.75, 3.05) is 13.7 Å². The number of methoxy groups -OCH3 is 1. The van der Waals surface area contributed by atoms with E-state index >= 15 is 0 Å². The van der Waals surface area contributed by atoms with Crippen LogP contribution in [0.2, 0.25) is 6.32 Å². The number of nitrogens with zero attached hydrogens (tertiary/aromatic N) is 1. The summed E-state index contributed by atoms with van der Waals surface area (Å²) in [7, 11) is 0.674. The van der Waals surface area contributed by atoms with Gasteiger partial charge in [-0.3, -0.25) is 14.5 Å². The number of fused-ring (bicyclic) bond motifs is 3. The number of likely N-dealkylation sites (tertiary alicyclic amines) is 1. The highest BCUT2D eigenvalue weighted by molar-refractivity contribution is 6.43. The minimum atomic E-state index is -0.976. The Balaban J connectivity index is 1.40. The lowest BCUT2D eigenvalue weighted by Gasteiger charge is -2.43. The molecule has 0 spiro atoms. The van der Waals surface area contributed by atoms with Crippen molar-refractivity contribution in [2.24, 2.45) is 17.8 Å². The molecule has 4 atom stereocenters. The van der Waals surface area contributed by atoms with Crippen molar-refractivity contribution in [3.8, 4) is 5.75 Å². The molecule has 2 N–H and O–H groups in total. The summed E-state index contributed by atoms with van der Waals surface area (Å²) < 4.78 is 11.6. The lowest BCUT2D eigenvalue weighted by atomic mass is 9.58. The molecule has 2 saturated heterocycles. The number of benzene rings is 1. The Kier molecular flexibility index (Phi) is 7.89. The summed E-state index contributed by atoms with van der Waals surface area (Å²) in [5.41, 5.74) is 3.94. The van der Waals surface area contributed by atoms with Crippen LogP contribution in [0.3, 0.4) is 0 Å². The van der Waals surface area contributed by atoms with E-state index in [0.717, 1.165) is 54.4 Å². The average molecular weight is 507 g/mol. The molecule has 5 rings (SSSR count). The van der Waals surface area contributed by atoms with Gasteiger partial charge in [0.1, 0.15) is 5.75 Å². The number of amides is 2. The second-order valence-electron chi connectivity index (χ2n) is 11.2. The molecule has 37 heavy (non-hydrogen) atoms. The van der Waals surface area contributed by atoms with Crippen LogP contribution in [-0.4, -0.2) is 59.8 Å². The lowest BCUT2D eigenvalue weighted by molar-refractivity contribution is -0.143. The zero-order chi connectivity index (χ0) is 26.1. The SMILES string of the molecule is COCC1=C2[C@@H](CC/C(C)=C/c3ccccc3O)OB(O)C[C@@H]2[C@@H]2C(=O)N(C3CCCCC3)C(=O)[C@@H]2C1. The van der Waals surface area contributed by atoms with Crippen LogP contribution in [-0.2, 0) is 19.0 Å². The van der Waals surface area contributed by atoms with Crippen LogP contribution in [0.15, 0.2) is 41.0 Å². The maximum absolute atomic E-state index is 13.8. The third-order valence-electron chi connectivity index (χ3n) is 8.74. The molecule has 0 radical (unpaired) electrons. The molecule has 2 aliphatic carbocycles. The summed E-state index contributed by atoms with van der Waals surface area (Å²) in [6.45, 7) is 2.41. The fraction of sp³-hybridized carbons (Fsp3) is 0.586. The molecule has 1 saturated carbocycles. The summed E-state index contributed by atoms with van der Waals surface area (Å²) in [5.74, 6) is -0.865. The molecule has 8 heteroatoms. The molecule has 7 nitrogen and oxygen atoms in total. The second kappa shape index (κ2) is 11.1. The summed E-state index contributed by atoms with van der Waals surface area (Å²) in [4.78, 5) is 28.9. The second-order valence-corrected chi connectivity index (χ2v) is 11.2. The summed E-state index contributed by atoms with van der Waals surface area (Å²) >= 11 is 0. The Morgan fingerprint density at radius 1 is 1.16 bits per heavy atom. The molecule has 3 fully saturated rings. The van der Waals surface area contributed by atoms with Crippen LogP contribution in [0.4, 0.5) is 0 Å². The van der Waals surface area contributed by atoms with Crippen molar-refractivity contribution in [1.29, 1.82) is 0 Å². The number of carbonyl (C=O) groups is 2. The quantitative estimate of drug-likeness (QED) is 0.324. The number of imide groups is 1. The lowest BCUT2D eigenvalue weighted by Crippen LogP contribution is -2.47. The van der Waals surface area contributed by atoms with Gasteiger partial charge in [0.2, 0.25) is 11.8 Å². The standard InChI is InChI=1S/C29H38BNO6/c1-18(14-19-8-6-7-11-24(19)32)12-13-25-26-20(17-36-2)15-22-27(23(26)16-30(35)37-25)29(34)31(28(22)33)21-9-4-3-5-10-21/h6-8,11,14,21-23,25,27,32,35H,3-5,9-10,12-13,15-17H2,1-2H3/b18-14+/t22-,23+,25-,27-/m1/s1. The van der Waals surface area contributed by atoms with E-state index in [1.165, 1.54) is 0 Å². The van der Waals surface area contributed by atoms with Crippen molar-refractivity contribution in [2.45, 2.75) is 76.8 Å². The maximum Gasteiger partial charge on any atom is 0.455 e. The maximum atomic E-state index is 13.8. The fourth-order valence-electron chi connectivity index (χ4n) is 7.10. The molecule has 0 bridgehead atoms. The molecule has 0 unspecified atom stereocenters. The van der Waals surface area contributed by atoms with Gasteiger partial charge in [-0.25, -0.2) is 0 Å². The molecular formula is C29H38BNO6. The first-order valence-electron chi connectivity index (χ1n) is 13.8. The van der Waals surface area contributed by atoms with E-state index in [9.17, 15) is 19.7 Å². The zero-order valence-corrected chi connectivity index (χ0v) is 21.9. The zero-order valence-electron chi connectivity index (χ0n) is 21.9. The van der Waals surface area contributed by atoms with Crippen LogP contribution in [0.1, 0.15) is 63.9 Å². The highest BCUT2D eigenvalue weighted by Crippen LogP contribution is 2.51. The molecule has 1 aromatic carbocycles. The van der Waals surface area contributed by atoms with Crippen molar-refractivity contribution >= 4 is 25.0 Å². The first-order chi connectivity index (χ1) is 17.9. The van der Waals surface area contributed by atoms with Gasteiger partial charge in [-0.1, -0.05) is 49.1 Å². The summed E-state index contributed by atoms with van der Waals surface area (Å²) in [6, 6.07) is 7.24. The Morgan fingerprint density at radius 3 is 2.65 bits per heavy atom. The minimum Gasteiger partial charge on any atom is -0.507 e. The number of phenolic OH excluding ortho intramolecular Hbond substituents is 1. The van der Waals surface area contributed by atoms with Crippen LogP contribution in [0.25, 0.3) is 6.08 Å². The van der Waals surface area contributed by atoms with Crippen LogP contribution in [0, 0.1) is 17.8 Å². The van der Waals surface area contributed by atoms with E-state index < -0.39 is 13.0 Å². The number of allylic oxidation sites excluding steroid dienone is 1. The average Bonchev–Trinajstić information content (AvgIpc) is 3.14.